The van der Waals surface area contributed by atoms with Gasteiger partial charge in [-0.3, -0.25) is 4.57 Å². The Morgan fingerprint density at radius 3 is 2.49 bits per heavy atom. The molecule has 0 aliphatic rings. The number of halogens is 2. The van der Waals surface area contributed by atoms with Crippen LogP contribution < -0.4 is 15.2 Å². The van der Waals surface area contributed by atoms with Crippen molar-refractivity contribution < 1.29 is 26.7 Å². The fraction of sp³-hybridized carbons (Fsp3) is 0.250. The van der Waals surface area contributed by atoms with Gasteiger partial charge in [0.1, 0.15) is 9.84 Å². The molecule has 8 nitrogen and oxygen atoms in total. The maximum absolute atomic E-state index is 13.2. The number of H-pyrrole nitrogens is 1. The lowest BCUT2D eigenvalue weighted by Gasteiger charge is -2.20. The average Bonchev–Trinajstić information content (AvgIpc) is 3.14. The Morgan fingerprint density at radius 1 is 1.09 bits per heavy atom. The Balaban J connectivity index is 1.92. The highest BCUT2D eigenvalue weighted by Gasteiger charge is 2.26. The SMILES string of the molecule is CCOc1cc([C@H](CS(C)(=O)=O)n2c(=O)[nH]c3c(-c4ccccc4)ccnc32)ccc1OC(F)F. The van der Waals surface area contributed by atoms with Gasteiger partial charge in [0, 0.05) is 18.0 Å². The Kier molecular flexibility index (Phi) is 6.88. The number of ether oxygens (including phenoxy) is 2. The van der Waals surface area contributed by atoms with Crippen LogP contribution in [0.4, 0.5) is 8.78 Å². The summed E-state index contributed by atoms with van der Waals surface area (Å²) in [5.74, 6) is -0.619. The van der Waals surface area contributed by atoms with Gasteiger partial charge in [-0.15, -0.1) is 0 Å². The molecule has 0 unspecified atom stereocenters. The van der Waals surface area contributed by atoms with Crippen LogP contribution in [0.2, 0.25) is 0 Å². The molecule has 0 radical (unpaired) electrons. The number of nitrogens with one attached hydrogen (secondary N) is 1. The van der Waals surface area contributed by atoms with Crippen molar-refractivity contribution in [2.45, 2.75) is 19.6 Å². The first-order valence-corrected chi connectivity index (χ1v) is 12.8. The molecule has 11 heteroatoms. The van der Waals surface area contributed by atoms with E-state index in [9.17, 15) is 22.0 Å². The van der Waals surface area contributed by atoms with Crippen LogP contribution in [-0.4, -0.2) is 48.2 Å². The second-order valence-corrected chi connectivity index (χ2v) is 10.0. The third-order valence-electron chi connectivity index (χ3n) is 5.34. The molecule has 0 saturated heterocycles. The normalized spacial score (nSPS) is 12.7. The molecule has 1 N–H and O–H groups in total. The van der Waals surface area contributed by atoms with Crippen LogP contribution in [0.25, 0.3) is 22.3 Å². The summed E-state index contributed by atoms with van der Waals surface area (Å²) in [6.07, 6.45) is 2.59. The third-order valence-corrected chi connectivity index (χ3v) is 6.26. The Bertz CT molecular complexity index is 1500. The summed E-state index contributed by atoms with van der Waals surface area (Å²) in [6.45, 7) is -1.23. The van der Waals surface area contributed by atoms with Crippen molar-refractivity contribution in [2.75, 3.05) is 18.6 Å². The van der Waals surface area contributed by atoms with Crippen LogP contribution >= 0.6 is 0 Å². The minimum Gasteiger partial charge on any atom is -0.490 e. The van der Waals surface area contributed by atoms with Gasteiger partial charge in [-0.1, -0.05) is 36.4 Å². The number of hydrogen-bond acceptors (Lipinski definition) is 6. The first-order chi connectivity index (χ1) is 16.7. The molecule has 0 spiro atoms. The molecule has 0 fully saturated rings. The standard InChI is InChI=1S/C24H23F2N3O5S/c1-3-33-20-13-16(9-10-19(20)34-23(25)26)18(14-35(2,31)32)29-22-21(28-24(29)30)17(11-12-27-22)15-7-5-4-6-8-15/h4-13,18,23H,3,14H2,1-2H3,(H,28,30)/t18-/m0/s1. The van der Waals surface area contributed by atoms with Gasteiger partial charge >= 0.3 is 12.3 Å². The van der Waals surface area contributed by atoms with E-state index in [1.807, 2.05) is 30.3 Å². The number of alkyl halides is 2. The van der Waals surface area contributed by atoms with Gasteiger partial charge in [0.05, 0.1) is 23.9 Å². The minimum absolute atomic E-state index is 0.00891. The van der Waals surface area contributed by atoms with Crippen molar-refractivity contribution >= 4 is 21.0 Å². The molecule has 2 aromatic heterocycles. The van der Waals surface area contributed by atoms with Gasteiger partial charge in [0.25, 0.3) is 0 Å². The van der Waals surface area contributed by atoms with E-state index in [2.05, 4.69) is 14.7 Å². The van der Waals surface area contributed by atoms with Gasteiger partial charge in [-0.25, -0.2) is 18.2 Å². The molecule has 0 aliphatic heterocycles. The molecular formula is C24H23F2N3O5S. The number of aromatic amines is 1. The number of benzene rings is 2. The highest BCUT2D eigenvalue weighted by molar-refractivity contribution is 7.90. The van der Waals surface area contributed by atoms with Crippen LogP contribution in [0.3, 0.4) is 0 Å². The first kappa shape index (κ1) is 24.4. The van der Waals surface area contributed by atoms with E-state index in [0.29, 0.717) is 11.1 Å². The lowest BCUT2D eigenvalue weighted by molar-refractivity contribution is -0.0514. The molecular weight excluding hydrogens is 480 g/mol. The average molecular weight is 504 g/mol. The molecule has 184 valence electrons. The van der Waals surface area contributed by atoms with E-state index in [4.69, 9.17) is 4.74 Å². The summed E-state index contributed by atoms with van der Waals surface area (Å²) < 4.78 is 61.6. The first-order valence-electron chi connectivity index (χ1n) is 10.7. The molecule has 35 heavy (non-hydrogen) atoms. The Hall–Kier alpha value is -3.73. The number of imidazole rings is 1. The number of aromatic nitrogens is 3. The second-order valence-electron chi connectivity index (χ2n) is 7.85. The molecule has 4 aromatic rings. The smallest absolute Gasteiger partial charge is 0.387 e. The highest BCUT2D eigenvalue weighted by atomic mass is 32.2. The molecule has 4 rings (SSSR count). The topological polar surface area (TPSA) is 103 Å². The van der Waals surface area contributed by atoms with Gasteiger partial charge in [0.15, 0.2) is 17.1 Å². The molecule has 0 bridgehead atoms. The van der Waals surface area contributed by atoms with Crippen LogP contribution in [0, 0.1) is 0 Å². The van der Waals surface area contributed by atoms with E-state index < -0.39 is 33.9 Å². The van der Waals surface area contributed by atoms with Gasteiger partial charge in [-0.2, -0.15) is 8.78 Å². The summed E-state index contributed by atoms with van der Waals surface area (Å²) in [5.41, 5.74) is 2.08. The highest BCUT2D eigenvalue weighted by Crippen LogP contribution is 2.34. The van der Waals surface area contributed by atoms with Gasteiger partial charge < -0.3 is 14.5 Å². The Labute approximate surface area is 200 Å². The number of pyridine rings is 1. The zero-order valence-corrected chi connectivity index (χ0v) is 19.8. The predicted molar refractivity (Wildman–Crippen MR) is 128 cm³/mol. The summed E-state index contributed by atoms with van der Waals surface area (Å²) >= 11 is 0. The molecule has 2 aromatic carbocycles. The van der Waals surface area contributed by atoms with E-state index in [1.54, 1.807) is 13.0 Å². The van der Waals surface area contributed by atoms with E-state index in [1.165, 1.54) is 29.0 Å². The monoisotopic (exact) mass is 503 g/mol. The molecule has 0 amide bonds. The van der Waals surface area contributed by atoms with Crippen molar-refractivity contribution in [1.82, 2.24) is 14.5 Å². The molecule has 0 saturated carbocycles. The van der Waals surface area contributed by atoms with Crippen molar-refractivity contribution in [3.8, 4) is 22.6 Å². The van der Waals surface area contributed by atoms with E-state index in [0.717, 1.165) is 17.4 Å². The summed E-state index contributed by atoms with van der Waals surface area (Å²) in [6, 6.07) is 14.2. The molecule has 2 heterocycles. The summed E-state index contributed by atoms with van der Waals surface area (Å²) in [7, 11) is -3.59. The number of sulfone groups is 1. The number of rotatable bonds is 9. The van der Waals surface area contributed by atoms with Crippen molar-refractivity contribution in [3.63, 3.8) is 0 Å². The van der Waals surface area contributed by atoms with Crippen molar-refractivity contribution in [3.05, 3.63) is 76.8 Å². The Morgan fingerprint density at radius 2 is 1.83 bits per heavy atom. The van der Waals surface area contributed by atoms with Crippen molar-refractivity contribution in [1.29, 1.82) is 0 Å². The minimum atomic E-state index is -3.59. The van der Waals surface area contributed by atoms with Crippen LogP contribution in [-0.2, 0) is 9.84 Å². The third kappa shape index (κ3) is 5.35. The lowest BCUT2D eigenvalue weighted by Crippen LogP contribution is -2.28. The maximum Gasteiger partial charge on any atom is 0.387 e. The predicted octanol–water partition coefficient (Wildman–Crippen LogP) is 4.03. The quantitative estimate of drug-likeness (QED) is 0.370. The van der Waals surface area contributed by atoms with Crippen molar-refractivity contribution in [2.24, 2.45) is 0 Å². The van der Waals surface area contributed by atoms with Crippen LogP contribution in [0.5, 0.6) is 11.5 Å². The van der Waals surface area contributed by atoms with E-state index >= 15 is 0 Å². The van der Waals surface area contributed by atoms with Crippen LogP contribution in [0.15, 0.2) is 65.6 Å². The fourth-order valence-electron chi connectivity index (χ4n) is 3.97. The second kappa shape index (κ2) is 9.87. The zero-order valence-electron chi connectivity index (χ0n) is 18.9. The number of fused-ring (bicyclic) bond motifs is 1. The van der Waals surface area contributed by atoms with Crippen LogP contribution in [0.1, 0.15) is 18.5 Å². The zero-order chi connectivity index (χ0) is 25.2. The van der Waals surface area contributed by atoms with Gasteiger partial charge in [0.2, 0.25) is 0 Å². The summed E-state index contributed by atoms with van der Waals surface area (Å²) in [5, 5.41) is 0. The lowest BCUT2D eigenvalue weighted by atomic mass is 10.1. The molecule has 0 aliphatic carbocycles. The number of nitrogens with zero attached hydrogens (tertiary/aromatic N) is 2. The number of hydrogen-bond donors (Lipinski definition) is 1. The van der Waals surface area contributed by atoms with E-state index in [-0.39, 0.29) is 23.8 Å². The largest absolute Gasteiger partial charge is 0.490 e. The summed E-state index contributed by atoms with van der Waals surface area (Å²) in [4.78, 5) is 20.3. The molecule has 1 atom stereocenters. The maximum atomic E-state index is 13.2. The van der Waals surface area contributed by atoms with Gasteiger partial charge in [-0.05, 0) is 36.2 Å². The fourth-order valence-corrected chi connectivity index (χ4v) is 4.88.